The second-order valence-electron chi connectivity index (χ2n) is 3.12. The minimum Gasteiger partial charge on any atom is -0.330 e. The van der Waals surface area contributed by atoms with E-state index in [-0.39, 0.29) is 10.0 Å². The Kier molecular flexibility index (Phi) is 4.04. The van der Waals surface area contributed by atoms with Gasteiger partial charge in [0.15, 0.2) is 0 Å². The van der Waals surface area contributed by atoms with Crippen LogP contribution in [0.2, 0.25) is 10.0 Å². The third-order valence-corrected chi connectivity index (χ3v) is 2.66. The number of rotatable bonds is 2. The summed E-state index contributed by atoms with van der Waals surface area (Å²) >= 11 is 11.0. The molecule has 7 heteroatoms. The van der Waals surface area contributed by atoms with E-state index >= 15 is 0 Å². The first-order chi connectivity index (χ1) is 7.27. The zero-order valence-corrected chi connectivity index (χ0v) is 9.30. The van der Waals surface area contributed by atoms with Gasteiger partial charge in [0.1, 0.15) is 5.82 Å². The van der Waals surface area contributed by atoms with Gasteiger partial charge in [0.25, 0.3) is 0 Å². The third-order valence-electron chi connectivity index (χ3n) is 2.05. The van der Waals surface area contributed by atoms with Crippen LogP contribution in [0, 0.1) is 5.82 Å². The zero-order valence-electron chi connectivity index (χ0n) is 7.78. The summed E-state index contributed by atoms with van der Waals surface area (Å²) in [6.07, 6.45) is -4.57. The van der Waals surface area contributed by atoms with Crippen molar-refractivity contribution in [2.24, 2.45) is 5.73 Å². The highest BCUT2D eigenvalue weighted by atomic mass is 35.5. The Morgan fingerprint density at radius 3 is 2.19 bits per heavy atom. The topological polar surface area (TPSA) is 26.0 Å². The van der Waals surface area contributed by atoms with Gasteiger partial charge in [-0.15, -0.1) is 0 Å². The van der Waals surface area contributed by atoms with Gasteiger partial charge in [-0.2, -0.15) is 13.2 Å². The predicted octanol–water partition coefficient (Wildman–Crippen LogP) is 3.74. The SMILES string of the molecule is NCC(c1cc(F)c(Cl)cc1Cl)C(F)(F)F. The Morgan fingerprint density at radius 2 is 1.75 bits per heavy atom. The molecule has 1 nitrogen and oxygen atoms in total. The maximum Gasteiger partial charge on any atom is 0.397 e. The van der Waals surface area contributed by atoms with E-state index < -0.39 is 30.0 Å². The first-order valence-corrected chi connectivity index (χ1v) is 4.94. The highest BCUT2D eigenvalue weighted by molar-refractivity contribution is 6.35. The molecule has 90 valence electrons. The Balaban J connectivity index is 3.26. The smallest absolute Gasteiger partial charge is 0.330 e. The van der Waals surface area contributed by atoms with Crippen LogP contribution < -0.4 is 5.73 Å². The van der Waals surface area contributed by atoms with Gasteiger partial charge in [-0.25, -0.2) is 4.39 Å². The lowest BCUT2D eigenvalue weighted by molar-refractivity contribution is -0.148. The van der Waals surface area contributed by atoms with Gasteiger partial charge in [0.2, 0.25) is 0 Å². The molecule has 1 atom stereocenters. The average molecular weight is 276 g/mol. The van der Waals surface area contributed by atoms with E-state index in [1.54, 1.807) is 0 Å². The van der Waals surface area contributed by atoms with E-state index in [1.165, 1.54) is 0 Å². The van der Waals surface area contributed by atoms with Crippen molar-refractivity contribution in [3.8, 4) is 0 Å². The van der Waals surface area contributed by atoms with Crippen molar-refractivity contribution in [3.63, 3.8) is 0 Å². The van der Waals surface area contributed by atoms with Crippen LogP contribution in [0.3, 0.4) is 0 Å². The molecule has 1 unspecified atom stereocenters. The summed E-state index contributed by atoms with van der Waals surface area (Å²) in [6, 6.07) is 1.60. The predicted molar refractivity (Wildman–Crippen MR) is 54.3 cm³/mol. The molecule has 0 aliphatic heterocycles. The Bertz CT molecular complexity index is 392. The fourth-order valence-electron chi connectivity index (χ4n) is 1.24. The van der Waals surface area contributed by atoms with Crippen LogP contribution in [-0.2, 0) is 0 Å². The van der Waals surface area contributed by atoms with Crippen LogP contribution in [0.15, 0.2) is 12.1 Å². The molecule has 0 bridgehead atoms. The number of hydrogen-bond donors (Lipinski definition) is 1. The van der Waals surface area contributed by atoms with Crippen LogP contribution in [0.25, 0.3) is 0 Å². The summed E-state index contributed by atoms with van der Waals surface area (Å²) in [5.74, 6) is -2.95. The lowest BCUT2D eigenvalue weighted by Crippen LogP contribution is -2.28. The van der Waals surface area contributed by atoms with Crippen molar-refractivity contribution in [2.45, 2.75) is 12.1 Å². The molecule has 0 fully saturated rings. The molecule has 0 spiro atoms. The fraction of sp³-hybridized carbons (Fsp3) is 0.333. The molecule has 0 radical (unpaired) electrons. The Labute approximate surface area is 99.1 Å². The Hall–Kier alpha value is -0.520. The summed E-state index contributed by atoms with van der Waals surface area (Å²) in [4.78, 5) is 0. The number of nitrogens with two attached hydrogens (primary N) is 1. The number of halogens is 6. The molecule has 1 aromatic rings. The first-order valence-electron chi connectivity index (χ1n) is 4.18. The number of benzene rings is 1. The molecule has 0 heterocycles. The van der Waals surface area contributed by atoms with Crippen molar-refractivity contribution < 1.29 is 17.6 Å². The lowest BCUT2D eigenvalue weighted by Gasteiger charge is -2.20. The maximum absolute atomic E-state index is 13.0. The second kappa shape index (κ2) is 4.77. The highest BCUT2D eigenvalue weighted by Gasteiger charge is 2.41. The van der Waals surface area contributed by atoms with Gasteiger partial charge in [0, 0.05) is 11.6 Å². The minimum atomic E-state index is -4.57. The van der Waals surface area contributed by atoms with Crippen LogP contribution >= 0.6 is 23.2 Å². The van der Waals surface area contributed by atoms with E-state index in [9.17, 15) is 17.6 Å². The van der Waals surface area contributed by atoms with E-state index in [4.69, 9.17) is 28.9 Å². The third kappa shape index (κ3) is 2.78. The van der Waals surface area contributed by atoms with E-state index in [0.29, 0.717) is 6.07 Å². The summed E-state index contributed by atoms with van der Waals surface area (Å²) in [5, 5.41) is -0.578. The first kappa shape index (κ1) is 13.5. The van der Waals surface area contributed by atoms with E-state index in [0.717, 1.165) is 6.07 Å². The molecule has 0 aliphatic rings. The van der Waals surface area contributed by atoms with Crippen LogP contribution in [0.5, 0.6) is 0 Å². The Morgan fingerprint density at radius 1 is 1.19 bits per heavy atom. The zero-order chi connectivity index (χ0) is 12.5. The summed E-state index contributed by atoms with van der Waals surface area (Å²) in [5.41, 5.74) is 4.61. The van der Waals surface area contributed by atoms with Crippen molar-refractivity contribution in [1.29, 1.82) is 0 Å². The van der Waals surface area contributed by atoms with E-state index in [1.807, 2.05) is 0 Å². The van der Waals surface area contributed by atoms with Crippen molar-refractivity contribution in [1.82, 2.24) is 0 Å². The molecule has 0 saturated carbocycles. The van der Waals surface area contributed by atoms with Crippen LogP contribution in [-0.4, -0.2) is 12.7 Å². The van der Waals surface area contributed by atoms with Gasteiger partial charge in [-0.1, -0.05) is 23.2 Å². The van der Waals surface area contributed by atoms with E-state index in [2.05, 4.69) is 0 Å². The second-order valence-corrected chi connectivity index (χ2v) is 3.93. The molecule has 2 N–H and O–H groups in total. The highest BCUT2D eigenvalue weighted by Crippen LogP contribution is 2.38. The molecule has 0 amide bonds. The van der Waals surface area contributed by atoms with Gasteiger partial charge in [-0.05, 0) is 17.7 Å². The van der Waals surface area contributed by atoms with Gasteiger partial charge < -0.3 is 5.73 Å². The van der Waals surface area contributed by atoms with Gasteiger partial charge in [-0.3, -0.25) is 0 Å². The quantitative estimate of drug-likeness (QED) is 0.646. The molecule has 1 rings (SSSR count). The van der Waals surface area contributed by atoms with Gasteiger partial charge >= 0.3 is 6.18 Å². The van der Waals surface area contributed by atoms with Crippen molar-refractivity contribution in [2.75, 3.05) is 6.54 Å². The molecule has 0 saturated heterocycles. The fourth-order valence-corrected chi connectivity index (χ4v) is 1.76. The molecule has 16 heavy (non-hydrogen) atoms. The summed E-state index contributed by atoms with van der Waals surface area (Å²) in [6.45, 7) is -0.704. The van der Waals surface area contributed by atoms with Gasteiger partial charge in [0.05, 0.1) is 10.9 Å². The van der Waals surface area contributed by atoms with Crippen molar-refractivity contribution in [3.05, 3.63) is 33.6 Å². The normalized spacial score (nSPS) is 13.9. The minimum absolute atomic E-state index is 0.251. The largest absolute Gasteiger partial charge is 0.397 e. The lowest BCUT2D eigenvalue weighted by atomic mass is 9.98. The van der Waals surface area contributed by atoms with Crippen LogP contribution in [0.1, 0.15) is 11.5 Å². The number of alkyl halides is 3. The molecule has 0 aromatic heterocycles. The molecular formula is C9H7Cl2F4N. The summed E-state index contributed by atoms with van der Waals surface area (Å²) < 4.78 is 50.6. The number of hydrogen-bond acceptors (Lipinski definition) is 1. The maximum atomic E-state index is 13.0. The monoisotopic (exact) mass is 275 g/mol. The molecule has 0 aliphatic carbocycles. The van der Waals surface area contributed by atoms with Crippen molar-refractivity contribution >= 4 is 23.2 Å². The molecular weight excluding hydrogens is 269 g/mol. The summed E-state index contributed by atoms with van der Waals surface area (Å²) in [7, 11) is 0. The van der Waals surface area contributed by atoms with Crippen LogP contribution in [0.4, 0.5) is 17.6 Å². The standard InChI is InChI=1S/C9H7Cl2F4N/c10-6-2-7(11)8(12)1-4(6)5(3-16)9(13,14)15/h1-2,5H,3,16H2. The molecule has 1 aromatic carbocycles. The average Bonchev–Trinajstić information content (AvgIpc) is 2.12.